The van der Waals surface area contributed by atoms with Gasteiger partial charge in [0.15, 0.2) is 0 Å². The highest BCUT2D eigenvalue weighted by Crippen LogP contribution is 2.25. The Morgan fingerprint density at radius 3 is 2.86 bits per heavy atom. The number of aromatic nitrogens is 2. The van der Waals surface area contributed by atoms with Crippen molar-refractivity contribution in [2.24, 2.45) is 5.92 Å². The molecule has 0 radical (unpaired) electrons. The smallest absolute Gasteiger partial charge is 0.267 e. The van der Waals surface area contributed by atoms with Gasteiger partial charge in [0, 0.05) is 19.0 Å². The highest BCUT2D eigenvalue weighted by atomic mass is 16.1. The summed E-state index contributed by atoms with van der Waals surface area (Å²) in [5, 5.41) is 7.35. The van der Waals surface area contributed by atoms with E-state index in [0.717, 1.165) is 30.5 Å². The zero-order valence-corrected chi connectivity index (χ0v) is 13.1. The maximum Gasteiger partial charge on any atom is 0.267 e. The van der Waals surface area contributed by atoms with Gasteiger partial charge in [-0.05, 0) is 43.6 Å². The van der Waals surface area contributed by atoms with E-state index in [4.69, 9.17) is 0 Å². The lowest BCUT2D eigenvalue weighted by Crippen LogP contribution is -2.33. The Bertz CT molecular complexity index is 588. The second-order valence-corrected chi connectivity index (χ2v) is 6.59. The molecule has 0 bridgehead atoms. The Labute approximate surface area is 131 Å². The zero-order chi connectivity index (χ0) is 15.4. The van der Waals surface area contributed by atoms with Crippen LogP contribution >= 0.6 is 0 Å². The minimum atomic E-state index is -0.0535. The van der Waals surface area contributed by atoms with Crippen molar-refractivity contribution < 1.29 is 4.79 Å². The van der Waals surface area contributed by atoms with Gasteiger partial charge >= 0.3 is 0 Å². The van der Waals surface area contributed by atoms with Crippen molar-refractivity contribution in [1.29, 1.82) is 0 Å². The number of nitrogens with one attached hydrogen (secondary N) is 1. The SMILES string of the molecule is O=C(CC1CCCCC1)NCCn1nc2c(cc1=O)CCC2. The van der Waals surface area contributed by atoms with Crippen molar-refractivity contribution in [3.63, 3.8) is 0 Å². The molecule has 0 atom stereocenters. The fourth-order valence-electron chi connectivity index (χ4n) is 3.63. The molecule has 1 aromatic rings. The van der Waals surface area contributed by atoms with Crippen molar-refractivity contribution in [2.45, 2.75) is 64.3 Å². The van der Waals surface area contributed by atoms with Gasteiger partial charge in [-0.25, -0.2) is 4.68 Å². The van der Waals surface area contributed by atoms with Gasteiger partial charge in [-0.2, -0.15) is 5.10 Å². The van der Waals surface area contributed by atoms with E-state index in [1.54, 1.807) is 6.07 Å². The van der Waals surface area contributed by atoms with E-state index >= 15 is 0 Å². The molecule has 0 aromatic carbocycles. The van der Waals surface area contributed by atoms with Crippen LogP contribution in [0.3, 0.4) is 0 Å². The Kier molecular flexibility index (Phi) is 4.90. The molecular formula is C17H25N3O2. The molecule has 0 saturated heterocycles. The maximum atomic E-state index is 12.0. The van der Waals surface area contributed by atoms with Crippen molar-refractivity contribution in [3.8, 4) is 0 Å². The van der Waals surface area contributed by atoms with E-state index in [1.807, 2.05) is 0 Å². The molecule has 120 valence electrons. The fourth-order valence-corrected chi connectivity index (χ4v) is 3.63. The monoisotopic (exact) mass is 303 g/mol. The molecule has 3 rings (SSSR count). The van der Waals surface area contributed by atoms with Crippen LogP contribution in [0.2, 0.25) is 0 Å². The third kappa shape index (κ3) is 3.76. The summed E-state index contributed by atoms with van der Waals surface area (Å²) < 4.78 is 1.49. The number of carbonyl (C=O) groups excluding carboxylic acids is 1. The minimum absolute atomic E-state index is 0.0535. The van der Waals surface area contributed by atoms with E-state index in [1.165, 1.54) is 36.8 Å². The molecule has 1 heterocycles. The first kappa shape index (κ1) is 15.3. The lowest BCUT2D eigenvalue weighted by molar-refractivity contribution is -0.122. The molecule has 1 aromatic heterocycles. The summed E-state index contributed by atoms with van der Waals surface area (Å²) in [4.78, 5) is 23.9. The maximum absolute atomic E-state index is 12.0. The zero-order valence-electron chi connectivity index (χ0n) is 13.1. The van der Waals surface area contributed by atoms with Crippen LogP contribution in [0.1, 0.15) is 56.2 Å². The molecule has 22 heavy (non-hydrogen) atoms. The Hall–Kier alpha value is -1.65. The first-order valence-electron chi connectivity index (χ1n) is 8.59. The van der Waals surface area contributed by atoms with E-state index in [9.17, 15) is 9.59 Å². The van der Waals surface area contributed by atoms with Gasteiger partial charge in [0.1, 0.15) is 0 Å². The van der Waals surface area contributed by atoms with Crippen LogP contribution in [0.4, 0.5) is 0 Å². The van der Waals surface area contributed by atoms with Gasteiger partial charge in [-0.1, -0.05) is 19.3 Å². The topological polar surface area (TPSA) is 64.0 Å². The minimum Gasteiger partial charge on any atom is -0.354 e. The average Bonchev–Trinajstić information content (AvgIpc) is 2.95. The number of hydrogen-bond donors (Lipinski definition) is 1. The van der Waals surface area contributed by atoms with E-state index in [2.05, 4.69) is 10.4 Å². The third-order valence-electron chi connectivity index (χ3n) is 4.87. The van der Waals surface area contributed by atoms with Crippen molar-refractivity contribution in [3.05, 3.63) is 27.7 Å². The number of hydrogen-bond acceptors (Lipinski definition) is 3. The number of aryl methyl sites for hydroxylation is 2. The van der Waals surface area contributed by atoms with Gasteiger partial charge in [0.2, 0.25) is 5.91 Å². The predicted octanol–water partition coefficient (Wildman–Crippen LogP) is 1.82. The van der Waals surface area contributed by atoms with Gasteiger partial charge < -0.3 is 5.32 Å². The largest absolute Gasteiger partial charge is 0.354 e. The molecule has 0 aliphatic heterocycles. The van der Waals surface area contributed by atoms with Gasteiger partial charge in [0.05, 0.1) is 12.2 Å². The predicted molar refractivity (Wildman–Crippen MR) is 84.7 cm³/mol. The van der Waals surface area contributed by atoms with Crippen LogP contribution in [0.5, 0.6) is 0 Å². The van der Waals surface area contributed by atoms with Crippen molar-refractivity contribution in [1.82, 2.24) is 15.1 Å². The highest BCUT2D eigenvalue weighted by molar-refractivity contribution is 5.76. The summed E-state index contributed by atoms with van der Waals surface area (Å²) in [7, 11) is 0. The highest BCUT2D eigenvalue weighted by Gasteiger charge is 2.17. The van der Waals surface area contributed by atoms with Crippen LogP contribution in [0.25, 0.3) is 0 Å². The van der Waals surface area contributed by atoms with Crippen LogP contribution in [0, 0.1) is 5.92 Å². The molecule has 5 heteroatoms. The van der Waals surface area contributed by atoms with Gasteiger partial charge in [-0.15, -0.1) is 0 Å². The molecule has 5 nitrogen and oxygen atoms in total. The normalized spacial score (nSPS) is 18.2. The van der Waals surface area contributed by atoms with Crippen LogP contribution in [-0.2, 0) is 24.2 Å². The number of rotatable bonds is 5. The average molecular weight is 303 g/mol. The Balaban J connectivity index is 1.46. The van der Waals surface area contributed by atoms with Crippen molar-refractivity contribution in [2.75, 3.05) is 6.54 Å². The summed E-state index contributed by atoms with van der Waals surface area (Å²) >= 11 is 0. The molecule has 1 N–H and O–H groups in total. The summed E-state index contributed by atoms with van der Waals surface area (Å²) in [5.74, 6) is 0.663. The van der Waals surface area contributed by atoms with Gasteiger partial charge in [-0.3, -0.25) is 9.59 Å². The second kappa shape index (κ2) is 7.07. The molecule has 0 spiro atoms. The molecule has 2 aliphatic carbocycles. The van der Waals surface area contributed by atoms with Crippen LogP contribution in [0.15, 0.2) is 10.9 Å². The van der Waals surface area contributed by atoms with Crippen molar-refractivity contribution >= 4 is 5.91 Å². The standard InChI is InChI=1S/C17H25N3O2/c21-16(11-13-5-2-1-3-6-13)18-9-10-20-17(22)12-14-7-4-8-15(14)19-20/h12-13H,1-11H2,(H,18,21). The lowest BCUT2D eigenvalue weighted by atomic mass is 9.87. The van der Waals surface area contributed by atoms with E-state index < -0.39 is 0 Å². The fraction of sp³-hybridized carbons (Fsp3) is 0.706. The molecule has 1 fully saturated rings. The lowest BCUT2D eigenvalue weighted by Gasteiger charge is -2.20. The first-order chi connectivity index (χ1) is 10.7. The summed E-state index contributed by atoms with van der Waals surface area (Å²) in [6.45, 7) is 0.944. The Morgan fingerprint density at radius 2 is 2.05 bits per heavy atom. The third-order valence-corrected chi connectivity index (χ3v) is 4.87. The summed E-state index contributed by atoms with van der Waals surface area (Å²) in [5.41, 5.74) is 2.10. The number of amides is 1. The number of fused-ring (bicyclic) bond motifs is 1. The summed E-state index contributed by atoms with van der Waals surface area (Å²) in [6, 6.07) is 1.71. The molecule has 2 aliphatic rings. The number of nitrogens with zero attached hydrogens (tertiary/aromatic N) is 2. The number of carbonyl (C=O) groups is 1. The first-order valence-corrected chi connectivity index (χ1v) is 8.59. The molecule has 0 unspecified atom stereocenters. The van der Waals surface area contributed by atoms with Crippen LogP contribution < -0.4 is 10.9 Å². The van der Waals surface area contributed by atoms with E-state index in [0.29, 0.717) is 25.4 Å². The second-order valence-electron chi connectivity index (χ2n) is 6.59. The van der Waals surface area contributed by atoms with Gasteiger partial charge in [0.25, 0.3) is 5.56 Å². The molecule has 1 saturated carbocycles. The quantitative estimate of drug-likeness (QED) is 0.902. The van der Waals surface area contributed by atoms with E-state index in [-0.39, 0.29) is 11.5 Å². The molecule has 1 amide bonds. The van der Waals surface area contributed by atoms with Crippen LogP contribution in [-0.4, -0.2) is 22.2 Å². The Morgan fingerprint density at radius 1 is 1.23 bits per heavy atom. The molecular weight excluding hydrogens is 278 g/mol. The summed E-state index contributed by atoms with van der Waals surface area (Å²) in [6.07, 6.45) is 9.83.